The second-order valence-electron chi connectivity index (χ2n) is 6.46. The van der Waals surface area contributed by atoms with Gasteiger partial charge in [-0.25, -0.2) is 12.8 Å². The van der Waals surface area contributed by atoms with Crippen LogP contribution in [0.4, 0.5) is 10.1 Å². The number of carbonyl (C=O) groups is 1. The summed E-state index contributed by atoms with van der Waals surface area (Å²) in [7, 11) is -3.78. The number of hydrogen-bond donors (Lipinski definition) is 1. The maximum absolute atomic E-state index is 13.7. The van der Waals surface area contributed by atoms with Crippen LogP contribution in [-0.4, -0.2) is 20.9 Å². The first kappa shape index (κ1) is 21.3. The number of sulfonamides is 1. The minimum atomic E-state index is -3.78. The van der Waals surface area contributed by atoms with E-state index in [1.54, 1.807) is 48.5 Å². The van der Waals surface area contributed by atoms with Crippen molar-refractivity contribution in [3.8, 4) is 0 Å². The van der Waals surface area contributed by atoms with Crippen molar-refractivity contribution in [1.29, 1.82) is 0 Å². The third-order valence-electron chi connectivity index (χ3n) is 4.44. The molecule has 5 nitrogen and oxygen atoms in total. The van der Waals surface area contributed by atoms with Crippen LogP contribution in [0.15, 0.2) is 96.4 Å². The third kappa shape index (κ3) is 4.75. The van der Waals surface area contributed by atoms with Crippen LogP contribution < -0.4 is 9.62 Å². The summed E-state index contributed by atoms with van der Waals surface area (Å²) in [4.78, 5) is 12.5. The van der Waals surface area contributed by atoms with E-state index in [2.05, 4.69) is 11.9 Å². The standard InChI is InChI=1S/C23H21FN2O3S/c1-2-16-26(30(28,29)21-9-4-3-5-10-21)20-14-12-18(13-15-20)23(27)25-17-19-8-6-7-11-22(19)24/h2-15H,1,16-17H2,(H,25,27). The lowest BCUT2D eigenvalue weighted by Gasteiger charge is -2.23. The predicted molar refractivity (Wildman–Crippen MR) is 115 cm³/mol. The van der Waals surface area contributed by atoms with Gasteiger partial charge in [0.1, 0.15) is 5.82 Å². The molecule has 0 spiro atoms. The number of rotatable bonds is 8. The quantitative estimate of drug-likeness (QED) is 0.553. The topological polar surface area (TPSA) is 66.5 Å². The second-order valence-corrected chi connectivity index (χ2v) is 8.32. The first-order valence-electron chi connectivity index (χ1n) is 9.24. The van der Waals surface area contributed by atoms with Crippen LogP contribution in [0.5, 0.6) is 0 Å². The van der Waals surface area contributed by atoms with Crippen molar-refractivity contribution in [1.82, 2.24) is 5.32 Å². The van der Waals surface area contributed by atoms with Gasteiger partial charge in [-0.2, -0.15) is 0 Å². The Morgan fingerprint density at radius 3 is 2.23 bits per heavy atom. The monoisotopic (exact) mass is 424 g/mol. The average Bonchev–Trinajstić information content (AvgIpc) is 2.77. The lowest BCUT2D eigenvalue weighted by molar-refractivity contribution is 0.0950. The molecule has 0 aliphatic rings. The number of benzene rings is 3. The third-order valence-corrected chi connectivity index (χ3v) is 6.25. The van der Waals surface area contributed by atoms with Crippen molar-refractivity contribution >= 4 is 21.6 Å². The van der Waals surface area contributed by atoms with Crippen molar-refractivity contribution in [3.05, 3.63) is 108 Å². The molecule has 0 heterocycles. The van der Waals surface area contributed by atoms with Gasteiger partial charge in [0, 0.05) is 17.7 Å². The summed E-state index contributed by atoms with van der Waals surface area (Å²) in [6, 6.07) is 20.5. The second kappa shape index (κ2) is 9.37. The maximum Gasteiger partial charge on any atom is 0.264 e. The number of anilines is 1. The fourth-order valence-corrected chi connectivity index (χ4v) is 4.33. The molecule has 30 heavy (non-hydrogen) atoms. The molecule has 0 saturated heterocycles. The molecule has 0 saturated carbocycles. The van der Waals surface area contributed by atoms with Crippen molar-refractivity contribution in [3.63, 3.8) is 0 Å². The Morgan fingerprint density at radius 2 is 1.60 bits per heavy atom. The van der Waals surface area contributed by atoms with Gasteiger partial charge in [0.25, 0.3) is 15.9 Å². The summed E-state index contributed by atoms with van der Waals surface area (Å²) in [5.74, 6) is -0.773. The van der Waals surface area contributed by atoms with E-state index in [0.717, 1.165) is 0 Å². The molecule has 1 amide bonds. The highest BCUT2D eigenvalue weighted by molar-refractivity contribution is 7.92. The van der Waals surface area contributed by atoms with Gasteiger partial charge in [0.15, 0.2) is 0 Å². The summed E-state index contributed by atoms with van der Waals surface area (Å²) >= 11 is 0. The predicted octanol–water partition coefficient (Wildman–Crippen LogP) is 4.14. The van der Waals surface area contributed by atoms with Gasteiger partial charge in [-0.3, -0.25) is 9.10 Å². The molecular weight excluding hydrogens is 403 g/mol. The minimum Gasteiger partial charge on any atom is -0.348 e. The van der Waals surface area contributed by atoms with Gasteiger partial charge in [-0.1, -0.05) is 42.5 Å². The van der Waals surface area contributed by atoms with Crippen LogP contribution in [0.25, 0.3) is 0 Å². The Hall–Kier alpha value is -3.45. The van der Waals surface area contributed by atoms with E-state index in [-0.39, 0.29) is 29.7 Å². The van der Waals surface area contributed by atoms with Crippen LogP contribution >= 0.6 is 0 Å². The molecule has 154 valence electrons. The Balaban J connectivity index is 1.78. The molecule has 1 N–H and O–H groups in total. The molecule has 3 aromatic rings. The largest absolute Gasteiger partial charge is 0.348 e. The van der Waals surface area contributed by atoms with Gasteiger partial charge in [0.2, 0.25) is 0 Å². The van der Waals surface area contributed by atoms with Crippen LogP contribution in [0.3, 0.4) is 0 Å². The summed E-state index contributed by atoms with van der Waals surface area (Å²) in [5.41, 5.74) is 1.13. The number of amides is 1. The van der Waals surface area contributed by atoms with E-state index in [4.69, 9.17) is 0 Å². The summed E-state index contributed by atoms with van der Waals surface area (Å²) in [6.45, 7) is 3.77. The zero-order valence-corrected chi connectivity index (χ0v) is 17.0. The summed E-state index contributed by atoms with van der Waals surface area (Å²) in [6.07, 6.45) is 1.50. The number of hydrogen-bond acceptors (Lipinski definition) is 3. The van der Waals surface area contributed by atoms with Gasteiger partial charge in [0.05, 0.1) is 17.1 Å². The molecular formula is C23H21FN2O3S. The molecule has 3 rings (SSSR count). The zero-order valence-electron chi connectivity index (χ0n) is 16.2. The summed E-state index contributed by atoms with van der Waals surface area (Å²) < 4.78 is 40.9. The Bertz CT molecular complexity index is 1130. The van der Waals surface area contributed by atoms with Crippen LogP contribution in [-0.2, 0) is 16.6 Å². The lowest BCUT2D eigenvalue weighted by atomic mass is 10.1. The van der Waals surface area contributed by atoms with E-state index in [0.29, 0.717) is 16.8 Å². The van der Waals surface area contributed by atoms with E-state index in [1.165, 1.54) is 40.7 Å². The highest BCUT2D eigenvalue weighted by atomic mass is 32.2. The SMILES string of the molecule is C=CCN(c1ccc(C(=O)NCc2ccccc2F)cc1)S(=O)(=O)c1ccccc1. The van der Waals surface area contributed by atoms with E-state index >= 15 is 0 Å². The van der Waals surface area contributed by atoms with E-state index < -0.39 is 10.0 Å². The van der Waals surface area contributed by atoms with Crippen LogP contribution in [0.1, 0.15) is 15.9 Å². The zero-order chi connectivity index (χ0) is 21.6. The molecule has 0 bridgehead atoms. The Labute approximate surface area is 175 Å². The smallest absolute Gasteiger partial charge is 0.264 e. The van der Waals surface area contributed by atoms with E-state index in [1.807, 2.05) is 0 Å². The number of nitrogens with zero attached hydrogens (tertiary/aromatic N) is 1. The lowest BCUT2D eigenvalue weighted by Crippen LogP contribution is -2.31. The molecule has 0 atom stereocenters. The number of halogens is 1. The Kier molecular flexibility index (Phi) is 6.64. The highest BCUT2D eigenvalue weighted by Crippen LogP contribution is 2.24. The maximum atomic E-state index is 13.7. The Morgan fingerprint density at radius 1 is 0.967 bits per heavy atom. The van der Waals surface area contributed by atoms with Crippen molar-refractivity contribution in [2.75, 3.05) is 10.8 Å². The fourth-order valence-electron chi connectivity index (χ4n) is 2.88. The van der Waals surface area contributed by atoms with E-state index in [9.17, 15) is 17.6 Å². The minimum absolute atomic E-state index is 0.0538. The normalized spacial score (nSPS) is 11.0. The molecule has 7 heteroatoms. The fraction of sp³-hybridized carbons (Fsp3) is 0.0870. The average molecular weight is 424 g/mol. The van der Waals surface area contributed by atoms with Gasteiger partial charge >= 0.3 is 0 Å². The molecule has 0 aliphatic carbocycles. The molecule has 0 aliphatic heterocycles. The molecule has 0 aromatic heterocycles. The van der Waals surface area contributed by atoms with Crippen LogP contribution in [0, 0.1) is 5.82 Å². The van der Waals surface area contributed by atoms with Gasteiger partial charge in [-0.15, -0.1) is 6.58 Å². The molecule has 3 aromatic carbocycles. The van der Waals surface area contributed by atoms with Gasteiger partial charge < -0.3 is 5.32 Å². The van der Waals surface area contributed by atoms with Crippen molar-refractivity contribution in [2.45, 2.75) is 11.4 Å². The van der Waals surface area contributed by atoms with Crippen LogP contribution in [0.2, 0.25) is 0 Å². The van der Waals surface area contributed by atoms with Crippen molar-refractivity contribution in [2.24, 2.45) is 0 Å². The summed E-state index contributed by atoms with van der Waals surface area (Å²) in [5, 5.41) is 2.66. The number of carbonyl (C=O) groups excluding carboxylic acids is 1. The molecule has 0 fully saturated rings. The highest BCUT2D eigenvalue weighted by Gasteiger charge is 2.23. The molecule has 0 unspecified atom stereocenters. The number of nitrogens with one attached hydrogen (secondary N) is 1. The molecule has 0 radical (unpaired) electrons. The first-order chi connectivity index (χ1) is 14.4. The van der Waals surface area contributed by atoms with Gasteiger partial charge in [-0.05, 0) is 42.5 Å². The first-order valence-corrected chi connectivity index (χ1v) is 10.7. The van der Waals surface area contributed by atoms with Crippen molar-refractivity contribution < 1.29 is 17.6 Å².